The maximum Gasteiger partial charge on any atom is 0.165 e. The van der Waals surface area contributed by atoms with E-state index in [1.165, 1.54) is 0 Å². The number of benzene rings is 1. The van der Waals surface area contributed by atoms with Gasteiger partial charge in [-0.15, -0.1) is 0 Å². The molecule has 1 aliphatic heterocycles. The molecule has 1 aliphatic rings. The monoisotopic (exact) mass is 192 g/mol. The van der Waals surface area contributed by atoms with Crippen LogP contribution in [0.25, 0.3) is 0 Å². The summed E-state index contributed by atoms with van der Waals surface area (Å²) >= 11 is 0. The lowest BCUT2D eigenvalue weighted by atomic mass is 10.0. The lowest BCUT2D eigenvalue weighted by Gasteiger charge is -2.21. The van der Waals surface area contributed by atoms with Gasteiger partial charge in [0.15, 0.2) is 11.5 Å². The summed E-state index contributed by atoms with van der Waals surface area (Å²) in [6.07, 6.45) is 0.910. The molecular weight excluding hydrogens is 180 g/mol. The first-order valence-electron chi connectivity index (χ1n) is 4.66. The number of rotatable bonds is 2. The largest absolute Gasteiger partial charge is 0.486 e. The van der Waals surface area contributed by atoms with E-state index in [1.807, 2.05) is 25.1 Å². The topological polar surface area (TPSA) is 35.5 Å². The number of aldehydes is 1. The number of carbonyl (C=O) groups excluding carboxylic acids is 1. The van der Waals surface area contributed by atoms with Crippen LogP contribution in [0.5, 0.6) is 11.5 Å². The van der Waals surface area contributed by atoms with Gasteiger partial charge < -0.3 is 14.3 Å². The van der Waals surface area contributed by atoms with Crippen LogP contribution >= 0.6 is 0 Å². The second kappa shape index (κ2) is 3.70. The highest BCUT2D eigenvalue weighted by Gasteiger charge is 2.18. The Balaban J connectivity index is 2.44. The average Bonchev–Trinajstić information content (AvgIpc) is 2.27. The number of hydrogen-bond acceptors (Lipinski definition) is 3. The Morgan fingerprint density at radius 2 is 2.14 bits per heavy atom. The molecule has 3 heteroatoms. The van der Waals surface area contributed by atoms with Gasteiger partial charge >= 0.3 is 0 Å². The maximum absolute atomic E-state index is 10.7. The number of hydrogen-bond donors (Lipinski definition) is 0. The van der Waals surface area contributed by atoms with E-state index in [0.29, 0.717) is 13.2 Å². The summed E-state index contributed by atoms with van der Waals surface area (Å²) in [7, 11) is 0. The van der Waals surface area contributed by atoms with Gasteiger partial charge in [0.2, 0.25) is 0 Å². The van der Waals surface area contributed by atoms with Gasteiger partial charge in [-0.2, -0.15) is 0 Å². The Labute approximate surface area is 82.6 Å². The van der Waals surface area contributed by atoms with Crippen molar-refractivity contribution in [1.29, 1.82) is 0 Å². The average molecular weight is 192 g/mol. The Bertz CT molecular complexity index is 346. The Morgan fingerprint density at radius 3 is 2.93 bits per heavy atom. The highest BCUT2D eigenvalue weighted by Crippen LogP contribution is 2.36. The molecule has 3 nitrogen and oxygen atoms in total. The Hall–Kier alpha value is -1.51. The molecule has 0 aromatic heterocycles. The molecule has 1 atom stereocenters. The lowest BCUT2D eigenvalue weighted by molar-refractivity contribution is -0.108. The van der Waals surface area contributed by atoms with Crippen LogP contribution in [0.3, 0.4) is 0 Å². The molecule has 0 aliphatic carbocycles. The smallest absolute Gasteiger partial charge is 0.165 e. The third kappa shape index (κ3) is 1.45. The van der Waals surface area contributed by atoms with E-state index >= 15 is 0 Å². The van der Waals surface area contributed by atoms with E-state index in [4.69, 9.17) is 9.47 Å². The summed E-state index contributed by atoms with van der Waals surface area (Å²) in [6, 6.07) is 5.63. The van der Waals surface area contributed by atoms with Crippen LogP contribution in [0.4, 0.5) is 0 Å². The van der Waals surface area contributed by atoms with Crippen molar-refractivity contribution in [2.75, 3.05) is 13.2 Å². The van der Waals surface area contributed by atoms with Crippen LogP contribution in [-0.4, -0.2) is 19.5 Å². The zero-order valence-corrected chi connectivity index (χ0v) is 8.03. The number of fused-ring (bicyclic) bond motifs is 1. The molecule has 1 unspecified atom stereocenters. The number of ether oxygens (including phenoxy) is 2. The third-order valence-electron chi connectivity index (χ3n) is 2.29. The van der Waals surface area contributed by atoms with Crippen molar-refractivity contribution in [3.05, 3.63) is 23.8 Å². The van der Waals surface area contributed by atoms with Gasteiger partial charge in [0.1, 0.15) is 19.5 Å². The number of para-hydroxylation sites is 1. The van der Waals surface area contributed by atoms with Crippen molar-refractivity contribution >= 4 is 6.29 Å². The van der Waals surface area contributed by atoms with Gasteiger partial charge in [0, 0.05) is 11.5 Å². The minimum atomic E-state index is -0.147. The highest BCUT2D eigenvalue weighted by molar-refractivity contribution is 5.65. The Kier molecular flexibility index (Phi) is 2.39. The fourth-order valence-electron chi connectivity index (χ4n) is 1.53. The van der Waals surface area contributed by atoms with Crippen molar-refractivity contribution in [2.45, 2.75) is 12.8 Å². The summed E-state index contributed by atoms with van der Waals surface area (Å²) in [5.74, 6) is 1.31. The molecule has 0 saturated heterocycles. The van der Waals surface area contributed by atoms with Crippen LogP contribution in [0.1, 0.15) is 18.4 Å². The van der Waals surface area contributed by atoms with E-state index in [0.717, 1.165) is 23.3 Å². The normalized spacial score (nSPS) is 16.1. The van der Waals surface area contributed by atoms with Gasteiger partial charge in [-0.1, -0.05) is 19.1 Å². The van der Waals surface area contributed by atoms with Gasteiger partial charge in [0.25, 0.3) is 0 Å². The zero-order chi connectivity index (χ0) is 9.97. The highest BCUT2D eigenvalue weighted by atomic mass is 16.6. The van der Waals surface area contributed by atoms with Crippen LogP contribution < -0.4 is 9.47 Å². The van der Waals surface area contributed by atoms with E-state index < -0.39 is 0 Å². The summed E-state index contributed by atoms with van der Waals surface area (Å²) in [5.41, 5.74) is 0.900. The molecule has 2 rings (SSSR count). The first kappa shape index (κ1) is 9.06. The molecule has 0 fully saturated rings. The van der Waals surface area contributed by atoms with Crippen molar-refractivity contribution in [1.82, 2.24) is 0 Å². The second-order valence-corrected chi connectivity index (χ2v) is 3.30. The molecule has 1 heterocycles. The van der Waals surface area contributed by atoms with Crippen LogP contribution in [0, 0.1) is 0 Å². The maximum atomic E-state index is 10.7. The summed E-state index contributed by atoms with van der Waals surface area (Å²) in [4.78, 5) is 10.7. The standard InChI is InChI=1S/C11H12O3/c1-8(7-12)9-3-2-4-10-11(9)14-6-5-13-10/h2-4,7-8H,5-6H2,1H3. The molecule has 0 bridgehead atoms. The molecule has 0 amide bonds. The first-order chi connectivity index (χ1) is 6.83. The lowest BCUT2D eigenvalue weighted by Crippen LogP contribution is -2.17. The fraction of sp³-hybridized carbons (Fsp3) is 0.364. The van der Waals surface area contributed by atoms with Crippen molar-refractivity contribution in [3.8, 4) is 11.5 Å². The summed E-state index contributed by atoms with van der Waals surface area (Å²) in [6.45, 7) is 2.97. The molecule has 1 aromatic carbocycles. The van der Waals surface area contributed by atoms with E-state index in [2.05, 4.69) is 0 Å². The molecular formula is C11H12O3. The number of carbonyl (C=O) groups is 1. The minimum Gasteiger partial charge on any atom is -0.486 e. The molecule has 74 valence electrons. The van der Waals surface area contributed by atoms with Crippen molar-refractivity contribution < 1.29 is 14.3 Å². The second-order valence-electron chi connectivity index (χ2n) is 3.30. The van der Waals surface area contributed by atoms with Gasteiger partial charge in [-0.25, -0.2) is 0 Å². The quantitative estimate of drug-likeness (QED) is 0.670. The van der Waals surface area contributed by atoms with Crippen molar-refractivity contribution in [3.63, 3.8) is 0 Å². The van der Waals surface area contributed by atoms with Crippen LogP contribution in [0.2, 0.25) is 0 Å². The van der Waals surface area contributed by atoms with Gasteiger partial charge in [-0.05, 0) is 6.07 Å². The SMILES string of the molecule is CC(C=O)c1cccc2c1OCCO2. The van der Waals surface area contributed by atoms with E-state index in [1.54, 1.807) is 0 Å². The third-order valence-corrected chi connectivity index (χ3v) is 2.29. The molecule has 0 N–H and O–H groups in total. The summed E-state index contributed by atoms with van der Waals surface area (Å²) in [5, 5.41) is 0. The van der Waals surface area contributed by atoms with Gasteiger partial charge in [-0.3, -0.25) is 0 Å². The minimum absolute atomic E-state index is 0.147. The van der Waals surface area contributed by atoms with E-state index in [-0.39, 0.29) is 5.92 Å². The molecule has 1 aromatic rings. The van der Waals surface area contributed by atoms with Crippen LogP contribution in [0.15, 0.2) is 18.2 Å². The summed E-state index contributed by atoms with van der Waals surface area (Å²) < 4.78 is 10.9. The predicted molar refractivity (Wildman–Crippen MR) is 51.9 cm³/mol. The van der Waals surface area contributed by atoms with Crippen molar-refractivity contribution in [2.24, 2.45) is 0 Å². The molecule has 0 spiro atoms. The first-order valence-corrected chi connectivity index (χ1v) is 4.66. The molecule has 0 saturated carbocycles. The fourth-order valence-corrected chi connectivity index (χ4v) is 1.53. The molecule has 14 heavy (non-hydrogen) atoms. The van der Waals surface area contributed by atoms with Crippen LogP contribution in [-0.2, 0) is 4.79 Å². The molecule has 0 radical (unpaired) electrons. The van der Waals surface area contributed by atoms with Gasteiger partial charge in [0.05, 0.1) is 0 Å². The zero-order valence-electron chi connectivity index (χ0n) is 8.03. The Morgan fingerprint density at radius 1 is 1.36 bits per heavy atom. The van der Waals surface area contributed by atoms with E-state index in [9.17, 15) is 4.79 Å². The predicted octanol–water partition coefficient (Wildman–Crippen LogP) is 1.76.